The number of aliphatic hydroxyl groups excluding tert-OH is 1. The molecular formula is C17H21BrClNO. The molecule has 1 aromatic carbocycles. The molecule has 0 radical (unpaired) electrons. The number of rotatable bonds is 4. The Bertz CT molecular complexity index is 532. The van der Waals surface area contributed by atoms with E-state index >= 15 is 0 Å². The van der Waals surface area contributed by atoms with Crippen LogP contribution < -0.4 is 0 Å². The van der Waals surface area contributed by atoms with E-state index in [2.05, 4.69) is 28.9 Å². The van der Waals surface area contributed by atoms with Gasteiger partial charge in [-0.25, -0.2) is 0 Å². The van der Waals surface area contributed by atoms with Crippen molar-refractivity contribution >= 4 is 27.5 Å². The fourth-order valence-electron chi connectivity index (χ4n) is 3.34. The molecule has 0 aromatic heterocycles. The minimum Gasteiger partial charge on any atom is -0.387 e. The number of nitriles is 1. The van der Waals surface area contributed by atoms with Crippen molar-refractivity contribution < 1.29 is 5.11 Å². The second kappa shape index (κ2) is 7.13. The van der Waals surface area contributed by atoms with E-state index < -0.39 is 11.5 Å². The van der Waals surface area contributed by atoms with E-state index in [9.17, 15) is 10.4 Å². The summed E-state index contributed by atoms with van der Waals surface area (Å²) in [6.07, 6.45) is 5.28. The lowest BCUT2D eigenvalue weighted by Gasteiger charge is -2.38. The summed E-state index contributed by atoms with van der Waals surface area (Å²) < 4.78 is 0.758. The summed E-state index contributed by atoms with van der Waals surface area (Å²) >= 11 is 9.38. The molecule has 2 rings (SSSR count). The number of hydrogen-bond acceptors (Lipinski definition) is 2. The van der Waals surface area contributed by atoms with Gasteiger partial charge in [0.05, 0.1) is 22.6 Å². The smallest absolute Gasteiger partial charge is 0.0976 e. The highest BCUT2D eigenvalue weighted by Crippen LogP contribution is 2.48. The van der Waals surface area contributed by atoms with Crippen LogP contribution in [0.4, 0.5) is 0 Å². The second-order valence-electron chi connectivity index (χ2n) is 6.08. The van der Waals surface area contributed by atoms with Crippen molar-refractivity contribution in [3.05, 3.63) is 33.3 Å². The van der Waals surface area contributed by atoms with Crippen LogP contribution in [0.25, 0.3) is 0 Å². The third kappa shape index (κ3) is 3.62. The number of aliphatic hydroxyl groups is 1. The molecule has 114 valence electrons. The molecular weight excluding hydrogens is 350 g/mol. The molecule has 1 atom stereocenters. The Morgan fingerprint density at radius 1 is 1.48 bits per heavy atom. The first-order valence-electron chi connectivity index (χ1n) is 7.56. The summed E-state index contributed by atoms with van der Waals surface area (Å²) in [5.41, 5.74) is 0.110. The quantitative estimate of drug-likeness (QED) is 0.745. The van der Waals surface area contributed by atoms with E-state index in [4.69, 9.17) is 11.6 Å². The highest BCUT2D eigenvalue weighted by atomic mass is 79.9. The van der Waals surface area contributed by atoms with Crippen LogP contribution >= 0.6 is 27.5 Å². The highest BCUT2D eigenvalue weighted by Gasteiger charge is 2.42. The molecule has 1 aliphatic carbocycles. The predicted molar refractivity (Wildman–Crippen MR) is 89.0 cm³/mol. The first kappa shape index (κ1) is 16.8. The van der Waals surface area contributed by atoms with Gasteiger partial charge in [0.2, 0.25) is 0 Å². The molecule has 1 aliphatic rings. The number of benzene rings is 1. The summed E-state index contributed by atoms with van der Waals surface area (Å²) in [4.78, 5) is 0. The van der Waals surface area contributed by atoms with Crippen LogP contribution in [0.3, 0.4) is 0 Å². The van der Waals surface area contributed by atoms with E-state index in [1.54, 1.807) is 6.07 Å². The molecule has 21 heavy (non-hydrogen) atoms. The van der Waals surface area contributed by atoms with Gasteiger partial charge in [-0.2, -0.15) is 5.26 Å². The van der Waals surface area contributed by atoms with Crippen molar-refractivity contribution in [2.45, 2.75) is 51.6 Å². The van der Waals surface area contributed by atoms with Crippen molar-refractivity contribution in [3.8, 4) is 6.07 Å². The largest absolute Gasteiger partial charge is 0.387 e. The molecule has 2 nitrogen and oxygen atoms in total. The Morgan fingerprint density at radius 2 is 2.14 bits per heavy atom. The summed E-state index contributed by atoms with van der Waals surface area (Å²) in [5.74, 6) is 0.709. The minimum absolute atomic E-state index is 0.614. The molecule has 0 spiro atoms. The molecule has 1 N–H and O–H groups in total. The average molecular weight is 371 g/mol. The van der Waals surface area contributed by atoms with Gasteiger partial charge < -0.3 is 5.11 Å². The number of halogens is 2. The average Bonchev–Trinajstić information content (AvgIpc) is 2.51. The zero-order valence-electron chi connectivity index (χ0n) is 12.3. The highest BCUT2D eigenvalue weighted by molar-refractivity contribution is 9.10. The zero-order valence-corrected chi connectivity index (χ0v) is 14.6. The Morgan fingerprint density at radius 3 is 2.67 bits per heavy atom. The van der Waals surface area contributed by atoms with Crippen LogP contribution in [0, 0.1) is 22.7 Å². The molecule has 0 amide bonds. The van der Waals surface area contributed by atoms with Crippen LogP contribution in [0.15, 0.2) is 22.7 Å². The van der Waals surface area contributed by atoms with E-state index in [1.807, 2.05) is 12.1 Å². The van der Waals surface area contributed by atoms with Crippen molar-refractivity contribution in [2.75, 3.05) is 0 Å². The van der Waals surface area contributed by atoms with Crippen molar-refractivity contribution in [2.24, 2.45) is 11.3 Å². The Hall–Kier alpha value is -0.560. The number of hydrogen-bond donors (Lipinski definition) is 1. The number of nitrogens with zero attached hydrogens (tertiary/aromatic N) is 1. The normalized spacial score (nSPS) is 27.1. The van der Waals surface area contributed by atoms with Gasteiger partial charge in [0.15, 0.2) is 0 Å². The Balaban J connectivity index is 2.17. The molecule has 4 heteroatoms. The van der Waals surface area contributed by atoms with Gasteiger partial charge in [-0.15, -0.1) is 0 Å². The topological polar surface area (TPSA) is 44.0 Å². The summed E-state index contributed by atoms with van der Waals surface area (Å²) in [5, 5.41) is 21.0. The van der Waals surface area contributed by atoms with Gasteiger partial charge in [-0.05, 0) is 65.2 Å². The first-order chi connectivity index (χ1) is 10.0. The maximum atomic E-state index is 10.7. The molecule has 0 heterocycles. The third-order valence-corrected chi connectivity index (χ3v) is 5.91. The standard InChI is InChI=1S/C17H21BrClNO/c1-2-3-12-6-8-17(11-20,9-7-12)16(21)13-4-5-15(19)14(18)10-13/h4-5,10,12,16,21H,2-3,6-9H2,1H3. The van der Waals surface area contributed by atoms with Gasteiger partial charge in [-0.3, -0.25) is 0 Å². The summed E-state index contributed by atoms with van der Waals surface area (Å²) in [6, 6.07) is 7.81. The van der Waals surface area contributed by atoms with Gasteiger partial charge in [-0.1, -0.05) is 37.4 Å². The second-order valence-corrected chi connectivity index (χ2v) is 7.34. The molecule has 0 aliphatic heterocycles. The summed E-state index contributed by atoms with van der Waals surface area (Å²) in [6.45, 7) is 2.20. The van der Waals surface area contributed by atoms with Crippen LogP contribution in [-0.2, 0) is 0 Å². The predicted octanol–water partition coefficient (Wildman–Crippen LogP) is 5.64. The lowest BCUT2D eigenvalue weighted by molar-refractivity contribution is 0.0236. The van der Waals surface area contributed by atoms with E-state index in [-0.39, 0.29) is 0 Å². The monoisotopic (exact) mass is 369 g/mol. The molecule has 0 saturated heterocycles. The molecule has 1 aromatic rings. The summed E-state index contributed by atoms with van der Waals surface area (Å²) in [7, 11) is 0. The Kier molecular flexibility index (Phi) is 5.71. The van der Waals surface area contributed by atoms with Gasteiger partial charge in [0, 0.05) is 4.47 Å². The molecule has 1 fully saturated rings. The SMILES string of the molecule is CCCC1CCC(C#N)(C(O)c2ccc(Cl)c(Br)c2)CC1. The maximum absolute atomic E-state index is 10.7. The van der Waals surface area contributed by atoms with E-state index in [0.29, 0.717) is 10.9 Å². The lowest BCUT2D eigenvalue weighted by Crippen LogP contribution is -2.32. The molecule has 0 bridgehead atoms. The van der Waals surface area contributed by atoms with Crippen molar-refractivity contribution in [1.29, 1.82) is 5.26 Å². The minimum atomic E-state index is -0.751. The van der Waals surface area contributed by atoms with Crippen LogP contribution in [0.1, 0.15) is 57.1 Å². The maximum Gasteiger partial charge on any atom is 0.0976 e. The van der Waals surface area contributed by atoms with Gasteiger partial charge >= 0.3 is 0 Å². The third-order valence-electron chi connectivity index (χ3n) is 4.70. The molecule has 1 saturated carbocycles. The fraction of sp³-hybridized carbons (Fsp3) is 0.588. The van der Waals surface area contributed by atoms with E-state index in [1.165, 1.54) is 12.8 Å². The van der Waals surface area contributed by atoms with Crippen molar-refractivity contribution in [1.82, 2.24) is 0 Å². The van der Waals surface area contributed by atoms with Crippen molar-refractivity contribution in [3.63, 3.8) is 0 Å². The zero-order chi connectivity index (χ0) is 15.5. The van der Waals surface area contributed by atoms with E-state index in [0.717, 1.165) is 35.7 Å². The fourth-order valence-corrected chi connectivity index (χ4v) is 3.85. The van der Waals surface area contributed by atoms with Crippen LogP contribution in [-0.4, -0.2) is 5.11 Å². The lowest BCUT2D eigenvalue weighted by atomic mass is 9.66. The van der Waals surface area contributed by atoms with Gasteiger partial charge in [0.1, 0.15) is 0 Å². The van der Waals surface area contributed by atoms with Crippen LogP contribution in [0.5, 0.6) is 0 Å². The Labute approximate surface area is 140 Å². The molecule has 1 unspecified atom stereocenters. The first-order valence-corrected chi connectivity index (χ1v) is 8.74. The van der Waals surface area contributed by atoms with Crippen LogP contribution in [0.2, 0.25) is 5.02 Å². The van der Waals surface area contributed by atoms with Gasteiger partial charge in [0.25, 0.3) is 0 Å².